The van der Waals surface area contributed by atoms with Crippen LogP contribution in [0.1, 0.15) is 30.4 Å². The fourth-order valence-corrected chi connectivity index (χ4v) is 4.71. The fraction of sp³-hybridized carbons (Fsp3) is 0.348. The molecule has 6 nitrogen and oxygen atoms in total. The van der Waals surface area contributed by atoms with E-state index in [0.717, 1.165) is 30.4 Å². The lowest BCUT2D eigenvalue weighted by Gasteiger charge is -2.42. The van der Waals surface area contributed by atoms with Gasteiger partial charge in [-0.1, -0.05) is 48.5 Å². The number of hydroxylamine groups is 2. The van der Waals surface area contributed by atoms with Crippen LogP contribution in [0, 0.1) is 0 Å². The first kappa shape index (κ1) is 19.3. The zero-order valence-corrected chi connectivity index (χ0v) is 16.7. The van der Waals surface area contributed by atoms with Crippen molar-refractivity contribution >= 4 is 23.6 Å². The number of anilines is 1. The van der Waals surface area contributed by atoms with Crippen molar-refractivity contribution in [2.24, 2.45) is 5.10 Å². The summed E-state index contributed by atoms with van der Waals surface area (Å²) < 4.78 is 0. The van der Waals surface area contributed by atoms with Crippen LogP contribution >= 0.6 is 0 Å². The van der Waals surface area contributed by atoms with Gasteiger partial charge >= 0.3 is 0 Å². The Morgan fingerprint density at radius 1 is 1.24 bits per heavy atom. The lowest BCUT2D eigenvalue weighted by molar-refractivity contribution is -0.160. The molecule has 29 heavy (non-hydrogen) atoms. The molecule has 0 aliphatic carbocycles. The lowest BCUT2D eigenvalue weighted by atomic mass is 9.66. The van der Waals surface area contributed by atoms with Crippen molar-refractivity contribution in [1.82, 2.24) is 5.06 Å². The number of carbonyl (C=O) groups is 2. The van der Waals surface area contributed by atoms with E-state index in [-0.39, 0.29) is 11.9 Å². The summed E-state index contributed by atoms with van der Waals surface area (Å²) in [6, 6.07) is 18.1. The molecule has 0 fully saturated rings. The van der Waals surface area contributed by atoms with E-state index in [4.69, 9.17) is 9.94 Å². The van der Waals surface area contributed by atoms with Gasteiger partial charge in [-0.3, -0.25) is 14.6 Å². The molecule has 0 bridgehead atoms. The topological polar surface area (TPSA) is 62.2 Å². The fourth-order valence-electron chi connectivity index (χ4n) is 4.71. The Bertz CT molecular complexity index is 943. The number of aryl methyl sites for hydroxylation is 1. The van der Waals surface area contributed by atoms with Crippen LogP contribution in [0.4, 0.5) is 5.69 Å². The second-order valence-corrected chi connectivity index (χ2v) is 7.50. The van der Waals surface area contributed by atoms with E-state index < -0.39 is 5.41 Å². The van der Waals surface area contributed by atoms with Crippen molar-refractivity contribution in [2.75, 3.05) is 19.2 Å². The number of nitrogens with zero attached hydrogens (tertiary/aromatic N) is 3. The van der Waals surface area contributed by atoms with Gasteiger partial charge in [0, 0.05) is 13.5 Å². The second-order valence-electron chi connectivity index (χ2n) is 7.50. The standard InChI is InChI=1S/C23H25N3O3/c1-25(29-2)22(28)21-23(15-8-16-27,18-10-4-3-5-11-18)20-14-13-17-9-6-7-12-19(17)26(20)24-21/h3-7,9-12,16,20H,8,13-15H2,1-2H3/t20-,23+/m0/s1. The zero-order chi connectivity index (χ0) is 20.4. The molecule has 2 aromatic carbocycles. The SMILES string of the molecule is CON(C)C(=O)C1=NN2c3ccccc3CC[C@H]2[C@@]1(CCC=O)c1ccccc1. The van der Waals surface area contributed by atoms with Crippen LogP contribution < -0.4 is 5.01 Å². The number of carbonyl (C=O) groups excluding carboxylic acids is 2. The van der Waals surface area contributed by atoms with E-state index in [1.165, 1.54) is 17.7 Å². The van der Waals surface area contributed by atoms with Gasteiger partial charge in [0.05, 0.1) is 24.3 Å². The molecular weight excluding hydrogens is 366 g/mol. The summed E-state index contributed by atoms with van der Waals surface area (Å²) in [5, 5.41) is 8.07. The highest BCUT2D eigenvalue weighted by atomic mass is 16.7. The minimum absolute atomic E-state index is 0.0380. The van der Waals surface area contributed by atoms with Gasteiger partial charge in [-0.05, 0) is 36.5 Å². The molecule has 0 unspecified atom stereocenters. The number of rotatable bonds is 6. The minimum atomic E-state index is -0.681. The molecule has 2 aliphatic rings. The summed E-state index contributed by atoms with van der Waals surface area (Å²) in [7, 11) is 3.05. The molecule has 0 saturated heterocycles. The highest BCUT2D eigenvalue weighted by Gasteiger charge is 2.56. The third-order valence-electron chi connectivity index (χ3n) is 6.13. The monoisotopic (exact) mass is 391 g/mol. The Hall–Kier alpha value is -2.99. The van der Waals surface area contributed by atoms with Gasteiger partial charge in [0.1, 0.15) is 12.0 Å². The van der Waals surface area contributed by atoms with Gasteiger partial charge in [-0.15, -0.1) is 0 Å². The van der Waals surface area contributed by atoms with E-state index >= 15 is 0 Å². The molecule has 2 aliphatic heterocycles. The molecule has 150 valence electrons. The number of benzene rings is 2. The molecule has 1 amide bonds. The van der Waals surface area contributed by atoms with Gasteiger partial charge in [0.15, 0.2) is 0 Å². The number of hydrazone groups is 1. The molecule has 4 rings (SSSR count). The first-order chi connectivity index (χ1) is 14.1. The smallest absolute Gasteiger partial charge is 0.294 e. The highest BCUT2D eigenvalue weighted by molar-refractivity contribution is 6.43. The van der Waals surface area contributed by atoms with Crippen LogP contribution in [0.15, 0.2) is 59.7 Å². The van der Waals surface area contributed by atoms with Crippen LogP contribution in [0.5, 0.6) is 0 Å². The Labute approximate surface area is 170 Å². The van der Waals surface area contributed by atoms with E-state index in [0.29, 0.717) is 18.6 Å². The summed E-state index contributed by atoms with van der Waals surface area (Å²) in [6.45, 7) is 0. The van der Waals surface area contributed by atoms with Crippen molar-refractivity contribution in [3.8, 4) is 0 Å². The maximum atomic E-state index is 13.3. The number of hydrogen-bond donors (Lipinski definition) is 0. The van der Waals surface area contributed by atoms with Crippen LogP contribution in [0.25, 0.3) is 0 Å². The second kappa shape index (κ2) is 7.79. The molecule has 0 aromatic heterocycles. The van der Waals surface area contributed by atoms with Gasteiger partial charge in [0.2, 0.25) is 0 Å². The largest absolute Gasteiger partial charge is 0.303 e. The normalized spacial score (nSPS) is 22.5. The maximum Gasteiger partial charge on any atom is 0.294 e. The third-order valence-corrected chi connectivity index (χ3v) is 6.13. The molecular formula is C23H25N3O3. The minimum Gasteiger partial charge on any atom is -0.303 e. The van der Waals surface area contributed by atoms with Crippen molar-refractivity contribution in [3.05, 3.63) is 65.7 Å². The quantitative estimate of drug-likeness (QED) is 0.561. The number of hydrogen-bond acceptors (Lipinski definition) is 5. The molecule has 6 heteroatoms. The lowest BCUT2D eigenvalue weighted by Crippen LogP contribution is -2.53. The summed E-state index contributed by atoms with van der Waals surface area (Å²) in [6.07, 6.45) is 3.55. The molecule has 2 atom stereocenters. The Balaban J connectivity index is 1.92. The van der Waals surface area contributed by atoms with E-state index in [1.54, 1.807) is 7.05 Å². The number of aldehydes is 1. The molecule has 0 spiro atoms. The predicted molar refractivity (Wildman–Crippen MR) is 112 cm³/mol. The van der Waals surface area contributed by atoms with Crippen LogP contribution in [-0.2, 0) is 26.3 Å². The van der Waals surface area contributed by atoms with Gasteiger partial charge in [0.25, 0.3) is 5.91 Å². The van der Waals surface area contributed by atoms with Gasteiger partial charge < -0.3 is 4.79 Å². The summed E-state index contributed by atoms with van der Waals surface area (Å²) in [4.78, 5) is 29.9. The average Bonchev–Trinajstić information content (AvgIpc) is 3.12. The predicted octanol–water partition coefficient (Wildman–Crippen LogP) is 3.11. The molecule has 0 saturated carbocycles. The van der Waals surface area contributed by atoms with E-state index in [2.05, 4.69) is 6.07 Å². The molecule has 0 N–H and O–H groups in total. The summed E-state index contributed by atoms with van der Waals surface area (Å²) in [5.74, 6) is -0.283. The summed E-state index contributed by atoms with van der Waals surface area (Å²) >= 11 is 0. The number of fused-ring (bicyclic) bond motifs is 3. The van der Waals surface area contributed by atoms with Crippen LogP contribution in [-0.4, -0.2) is 43.2 Å². The van der Waals surface area contributed by atoms with E-state index in [1.807, 2.05) is 53.5 Å². The third kappa shape index (κ3) is 3.04. The highest BCUT2D eigenvalue weighted by Crippen LogP contribution is 2.48. The van der Waals surface area contributed by atoms with Crippen molar-refractivity contribution < 1.29 is 14.4 Å². The zero-order valence-electron chi connectivity index (χ0n) is 16.7. The average molecular weight is 391 g/mol. The molecule has 2 aromatic rings. The summed E-state index contributed by atoms with van der Waals surface area (Å²) in [5.41, 5.74) is 3.00. The first-order valence-corrected chi connectivity index (χ1v) is 9.91. The van der Waals surface area contributed by atoms with E-state index in [9.17, 15) is 9.59 Å². The van der Waals surface area contributed by atoms with Gasteiger partial charge in [-0.2, -0.15) is 5.10 Å². The van der Waals surface area contributed by atoms with Crippen molar-refractivity contribution in [1.29, 1.82) is 0 Å². The van der Waals surface area contributed by atoms with Crippen LogP contribution in [0.3, 0.4) is 0 Å². The van der Waals surface area contributed by atoms with Crippen molar-refractivity contribution in [2.45, 2.75) is 37.1 Å². The number of amides is 1. The Morgan fingerprint density at radius 3 is 2.69 bits per heavy atom. The first-order valence-electron chi connectivity index (χ1n) is 9.91. The Kier molecular flexibility index (Phi) is 5.20. The van der Waals surface area contributed by atoms with Gasteiger partial charge in [-0.25, -0.2) is 5.06 Å². The number of para-hydroxylation sites is 1. The maximum absolute atomic E-state index is 13.3. The molecule has 0 radical (unpaired) electrons. The Morgan fingerprint density at radius 2 is 1.97 bits per heavy atom. The van der Waals surface area contributed by atoms with Crippen LogP contribution in [0.2, 0.25) is 0 Å². The molecule has 2 heterocycles. The van der Waals surface area contributed by atoms with Crippen molar-refractivity contribution in [3.63, 3.8) is 0 Å².